The van der Waals surface area contributed by atoms with Gasteiger partial charge in [-0.05, 0) is 64.5 Å². The van der Waals surface area contributed by atoms with E-state index in [0.29, 0.717) is 15.7 Å². The van der Waals surface area contributed by atoms with Crippen LogP contribution in [-0.2, 0) is 4.74 Å². The van der Waals surface area contributed by atoms with Gasteiger partial charge in [-0.25, -0.2) is 57.1 Å². The van der Waals surface area contributed by atoms with E-state index in [0.717, 1.165) is 12.1 Å². The molecule has 0 saturated heterocycles. The van der Waals surface area contributed by atoms with Gasteiger partial charge in [-0.3, -0.25) is 4.79 Å². The van der Waals surface area contributed by atoms with E-state index in [2.05, 4.69) is 71.0 Å². The van der Waals surface area contributed by atoms with E-state index in [1.165, 1.54) is 54.9 Å². The van der Waals surface area contributed by atoms with E-state index in [9.17, 15) is 31.9 Å². The number of aromatic carboxylic acids is 1. The Balaban J connectivity index is 0.000000180. The number of carboxylic acids is 1. The van der Waals surface area contributed by atoms with Crippen molar-refractivity contribution in [3.63, 3.8) is 0 Å². The van der Waals surface area contributed by atoms with Crippen molar-refractivity contribution in [2.24, 2.45) is 0 Å². The number of ether oxygens (including phenoxy) is 1. The topological polar surface area (TPSA) is 317 Å². The molecule has 26 heteroatoms. The maximum atomic E-state index is 13.8. The van der Waals surface area contributed by atoms with Crippen LogP contribution in [0.5, 0.6) is 0 Å². The molecule has 7 N–H and O–H groups in total. The van der Waals surface area contributed by atoms with Gasteiger partial charge in [0, 0.05) is 53.0 Å². The highest BCUT2D eigenvalue weighted by atomic mass is 79.9. The third-order valence-electron chi connectivity index (χ3n) is 10.1. The number of carbonyl (C=O) groups excluding carboxylic acids is 2. The van der Waals surface area contributed by atoms with E-state index in [-0.39, 0.29) is 103 Å². The lowest BCUT2D eigenvalue weighted by Crippen LogP contribution is -2.21. The third-order valence-corrected chi connectivity index (χ3v) is 10.5. The molecule has 1 amide bonds. The maximum absolute atomic E-state index is 13.8. The molecule has 5 aromatic heterocycles. The van der Waals surface area contributed by atoms with Gasteiger partial charge >= 0.3 is 11.9 Å². The van der Waals surface area contributed by atoms with Crippen molar-refractivity contribution in [3.05, 3.63) is 148 Å². The molecule has 0 fully saturated rings. The average Bonchev–Trinajstić information content (AvgIpc) is 4.11. The van der Waals surface area contributed by atoms with Gasteiger partial charge in [-0.15, -0.1) is 20.4 Å². The molecule has 0 radical (unpaired) electrons. The molecule has 9 aromatic rings. The number of hydrogen-bond donors (Lipinski definition) is 4. The molecule has 0 unspecified atom stereocenters. The second-order valence-electron chi connectivity index (χ2n) is 15.2. The van der Waals surface area contributed by atoms with Crippen LogP contribution in [0, 0.1) is 0 Å². The van der Waals surface area contributed by atoms with Gasteiger partial charge in [-0.1, -0.05) is 48.5 Å². The number of hydrogen-bond acceptors (Lipinski definition) is 19. The molecule has 0 spiro atoms. The Hall–Kier alpha value is -9.59. The fourth-order valence-electron chi connectivity index (χ4n) is 6.53. The lowest BCUT2D eigenvalue weighted by atomic mass is 10.0. The molecular weight excluding hydrogens is 1040 g/mol. The van der Waals surface area contributed by atoms with E-state index in [1.807, 2.05) is 36.4 Å². The summed E-state index contributed by atoms with van der Waals surface area (Å²) < 4.78 is 71.3. The first-order valence-corrected chi connectivity index (χ1v) is 21.9. The number of halogens is 5. The van der Waals surface area contributed by atoms with Gasteiger partial charge in [0.1, 0.15) is 4.60 Å². The molecule has 0 aliphatic heterocycles. The summed E-state index contributed by atoms with van der Waals surface area (Å²) >= 11 is 2.97. The van der Waals surface area contributed by atoms with Crippen LogP contribution in [0.15, 0.2) is 129 Å². The number of methoxy groups -OCH3 is 1. The largest absolute Gasteiger partial charge is 0.476 e. The summed E-state index contributed by atoms with van der Waals surface area (Å²) in [4.78, 5) is 59.5. The Labute approximate surface area is 423 Å². The minimum Gasteiger partial charge on any atom is -0.476 e. The standard InChI is InChI=1S/C22H18F2N6O2.C21H15F2N5O3.C5H4BrN3O2/c1-30(2)22(31)13-8-9-14(15(10-13)18(23)24)16-11-26-19(25)17(27-16)21-29-28-20(32-21)12-6-4-3-5-7-12;1-30-21(29)12-7-8-13(14(9-12)17(22)23)15-10-25-18(24)16(26-15)20-28-27-19(31-20)11-5-3-2-4-6-11;6-2-1-8-4(7)3(9-2)5(10)11/h3-11,18H,1-2H3,(H2,25,26);2-10,17H,1H3,(H2,24,25);1H,(H2,7,8)(H,10,11). The molecule has 4 aromatic carbocycles. The van der Waals surface area contributed by atoms with Gasteiger partial charge in [-0.2, -0.15) is 0 Å². The Bertz CT molecular complexity index is 3480. The zero-order valence-corrected chi connectivity index (χ0v) is 40.1. The summed E-state index contributed by atoms with van der Waals surface area (Å²) in [5, 5.41) is 24.4. The molecule has 0 aliphatic rings. The molecule has 0 atom stereocenters. The van der Waals surface area contributed by atoms with Crippen LogP contribution >= 0.6 is 15.9 Å². The highest BCUT2D eigenvalue weighted by molar-refractivity contribution is 9.10. The van der Waals surface area contributed by atoms with E-state index in [1.54, 1.807) is 38.4 Å². The molecule has 376 valence electrons. The molecule has 5 heterocycles. The van der Waals surface area contributed by atoms with E-state index in [4.69, 9.17) is 31.1 Å². The Kier molecular flexibility index (Phi) is 16.3. The maximum Gasteiger partial charge on any atom is 0.358 e. The summed E-state index contributed by atoms with van der Waals surface area (Å²) in [6.45, 7) is 0. The molecule has 0 bridgehead atoms. The first-order valence-electron chi connectivity index (χ1n) is 21.1. The minimum absolute atomic E-state index is 0.00297. The summed E-state index contributed by atoms with van der Waals surface area (Å²) in [7, 11) is 4.26. The molecular formula is C48H37BrF4N14O7. The van der Waals surface area contributed by atoms with Crippen molar-refractivity contribution in [3.8, 4) is 68.6 Å². The van der Waals surface area contributed by atoms with Crippen LogP contribution in [0.25, 0.3) is 68.6 Å². The van der Waals surface area contributed by atoms with Crippen LogP contribution in [0.1, 0.15) is 55.2 Å². The minimum atomic E-state index is -2.87. The van der Waals surface area contributed by atoms with Gasteiger partial charge < -0.3 is 40.8 Å². The Morgan fingerprint density at radius 2 is 1.04 bits per heavy atom. The predicted octanol–water partition coefficient (Wildman–Crippen LogP) is 8.77. The van der Waals surface area contributed by atoms with Crippen molar-refractivity contribution >= 4 is 51.2 Å². The van der Waals surface area contributed by atoms with Gasteiger partial charge in [0.2, 0.25) is 11.8 Å². The number of carbonyl (C=O) groups is 3. The van der Waals surface area contributed by atoms with Crippen molar-refractivity contribution < 1.29 is 50.6 Å². The van der Waals surface area contributed by atoms with Gasteiger partial charge in [0.25, 0.3) is 30.5 Å². The number of aromatic nitrogens is 10. The third kappa shape index (κ3) is 12.1. The number of benzene rings is 4. The fraction of sp³-hybridized carbons (Fsp3) is 0.104. The monoisotopic (exact) mass is 1080 g/mol. The van der Waals surface area contributed by atoms with E-state index < -0.39 is 30.4 Å². The number of nitrogens with zero attached hydrogens (tertiary/aromatic N) is 11. The van der Waals surface area contributed by atoms with Crippen LogP contribution in [0.4, 0.5) is 35.0 Å². The first kappa shape index (κ1) is 52.2. The van der Waals surface area contributed by atoms with Crippen molar-refractivity contribution in [1.29, 1.82) is 0 Å². The predicted molar refractivity (Wildman–Crippen MR) is 262 cm³/mol. The Morgan fingerprint density at radius 1 is 0.608 bits per heavy atom. The highest BCUT2D eigenvalue weighted by Gasteiger charge is 2.24. The van der Waals surface area contributed by atoms with Crippen LogP contribution in [0.2, 0.25) is 0 Å². The summed E-state index contributed by atoms with van der Waals surface area (Å²) in [6, 6.07) is 26.0. The molecule has 74 heavy (non-hydrogen) atoms. The second-order valence-corrected chi connectivity index (χ2v) is 16.0. The van der Waals surface area contributed by atoms with Crippen LogP contribution in [-0.4, -0.2) is 99.4 Å². The van der Waals surface area contributed by atoms with Crippen LogP contribution < -0.4 is 17.2 Å². The van der Waals surface area contributed by atoms with Gasteiger partial charge in [0.05, 0.1) is 42.7 Å². The summed E-state index contributed by atoms with van der Waals surface area (Å²) in [5.41, 5.74) is 18.2. The fourth-order valence-corrected chi connectivity index (χ4v) is 6.81. The van der Waals surface area contributed by atoms with Gasteiger partial charge in [0.15, 0.2) is 34.5 Å². The van der Waals surface area contributed by atoms with Crippen molar-refractivity contribution in [2.45, 2.75) is 12.9 Å². The van der Waals surface area contributed by atoms with E-state index >= 15 is 0 Å². The second kappa shape index (κ2) is 23.1. The summed E-state index contributed by atoms with van der Waals surface area (Å²) in [5.74, 6) is -1.86. The van der Waals surface area contributed by atoms with Crippen LogP contribution in [0.3, 0.4) is 0 Å². The highest BCUT2D eigenvalue weighted by Crippen LogP contribution is 2.36. The molecule has 0 aliphatic carbocycles. The average molecular weight is 1080 g/mol. The number of anilines is 3. The normalized spacial score (nSPS) is 10.8. The van der Waals surface area contributed by atoms with Crippen molar-refractivity contribution in [2.75, 3.05) is 38.4 Å². The lowest BCUT2D eigenvalue weighted by Gasteiger charge is -2.14. The number of amides is 1. The number of carboxylic acid groups (broad SMARTS) is 1. The Morgan fingerprint density at radius 3 is 1.46 bits per heavy atom. The quantitative estimate of drug-likeness (QED) is 0.0694. The summed E-state index contributed by atoms with van der Waals surface area (Å²) in [6.07, 6.45) is -1.83. The molecule has 9 rings (SSSR count). The number of alkyl halides is 4. The number of esters is 1. The first-order chi connectivity index (χ1) is 35.4. The zero-order valence-electron chi connectivity index (χ0n) is 38.6. The number of nitrogen functional groups attached to an aromatic ring is 3. The SMILES string of the molecule is CN(C)C(=O)c1ccc(-c2cnc(N)c(-c3nnc(-c4ccccc4)o3)n2)c(C(F)F)c1.COC(=O)c1ccc(-c2cnc(N)c(-c3nnc(-c4ccccc4)o3)n2)c(C(F)F)c1.Nc1ncc(Br)nc1C(=O)O. The van der Waals surface area contributed by atoms with Crippen molar-refractivity contribution in [1.82, 2.24) is 55.2 Å². The molecule has 0 saturated carbocycles. The number of rotatable bonds is 11. The number of nitrogens with two attached hydrogens (primary N) is 3. The lowest BCUT2D eigenvalue weighted by molar-refractivity contribution is 0.0599. The zero-order chi connectivity index (χ0) is 53.2. The smallest absolute Gasteiger partial charge is 0.358 e. The molecule has 21 nitrogen and oxygen atoms in total.